The van der Waals surface area contributed by atoms with Gasteiger partial charge in [-0.15, -0.1) is 0 Å². The Labute approximate surface area is 169 Å². The van der Waals surface area contributed by atoms with Gasteiger partial charge in [-0.05, 0) is 42.8 Å². The van der Waals surface area contributed by atoms with Crippen molar-refractivity contribution in [2.24, 2.45) is 7.05 Å². The molecule has 0 saturated heterocycles. The van der Waals surface area contributed by atoms with Gasteiger partial charge in [0.05, 0.1) is 6.42 Å². The van der Waals surface area contributed by atoms with Crippen molar-refractivity contribution in [3.63, 3.8) is 0 Å². The summed E-state index contributed by atoms with van der Waals surface area (Å²) in [5.41, 5.74) is 5.44. The molecule has 0 radical (unpaired) electrons. The summed E-state index contributed by atoms with van der Waals surface area (Å²) in [7, 11) is 2.02. The minimum atomic E-state index is -0.0000622. The molecule has 0 aliphatic carbocycles. The number of amides is 1. The lowest BCUT2D eigenvalue weighted by Crippen LogP contribution is -2.14. The molecule has 1 amide bonds. The van der Waals surface area contributed by atoms with E-state index in [1.165, 1.54) is 21.8 Å². The maximum atomic E-state index is 12.8. The fourth-order valence-corrected chi connectivity index (χ4v) is 4.42. The first kappa shape index (κ1) is 17.6. The molecule has 0 atom stereocenters. The van der Waals surface area contributed by atoms with Gasteiger partial charge in [-0.2, -0.15) is 0 Å². The van der Waals surface area contributed by atoms with E-state index in [0.29, 0.717) is 6.42 Å². The minimum Gasteiger partial charge on any atom is -0.350 e. The zero-order valence-corrected chi connectivity index (χ0v) is 16.6. The van der Waals surface area contributed by atoms with Crippen LogP contribution in [0, 0.1) is 0 Å². The van der Waals surface area contributed by atoms with E-state index in [0.717, 1.165) is 28.7 Å². The van der Waals surface area contributed by atoms with E-state index in [-0.39, 0.29) is 5.91 Å². The van der Waals surface area contributed by atoms with Crippen LogP contribution in [-0.4, -0.2) is 15.0 Å². The summed E-state index contributed by atoms with van der Waals surface area (Å²) in [6, 6.07) is 22.8. The third-order valence-electron chi connectivity index (χ3n) is 5.70. The number of hydrogen-bond donors (Lipinski definition) is 1. The number of carbonyl (C=O) groups excluding carboxylic acids is 1. The number of nitrogens with one attached hydrogen (secondary N) is 1. The van der Waals surface area contributed by atoms with Gasteiger partial charge >= 0.3 is 0 Å². The van der Waals surface area contributed by atoms with Crippen molar-refractivity contribution in [3.05, 3.63) is 78.5 Å². The van der Waals surface area contributed by atoms with Gasteiger partial charge in [0.2, 0.25) is 5.91 Å². The number of benzene rings is 3. The number of aryl methyl sites for hydroxylation is 2. The Hall–Kier alpha value is -3.53. The molecule has 0 spiro atoms. The Morgan fingerprint density at radius 3 is 2.34 bits per heavy atom. The molecule has 0 aliphatic rings. The van der Waals surface area contributed by atoms with Crippen molar-refractivity contribution < 1.29 is 4.79 Å². The van der Waals surface area contributed by atoms with Gasteiger partial charge in [0.1, 0.15) is 0 Å². The number of carbonyl (C=O) groups is 1. The lowest BCUT2D eigenvalue weighted by Gasteiger charge is -2.07. The van der Waals surface area contributed by atoms with Crippen LogP contribution in [0.5, 0.6) is 0 Å². The first-order valence-corrected chi connectivity index (χ1v) is 9.99. The van der Waals surface area contributed by atoms with Crippen molar-refractivity contribution in [3.8, 4) is 0 Å². The Balaban J connectivity index is 1.47. The first-order chi connectivity index (χ1) is 14.2. The average molecular weight is 381 g/mol. The SMILES string of the molecule is CCn1c2ccccc2c2cc(NC(=O)Cc3cn(C)c4ccccc34)ccc21. The number of anilines is 1. The number of hydrogen-bond acceptors (Lipinski definition) is 1. The highest BCUT2D eigenvalue weighted by molar-refractivity contribution is 6.10. The lowest BCUT2D eigenvalue weighted by molar-refractivity contribution is -0.115. The molecule has 1 N–H and O–H groups in total. The van der Waals surface area contributed by atoms with E-state index in [1.807, 2.05) is 31.4 Å². The van der Waals surface area contributed by atoms with Gasteiger partial charge < -0.3 is 14.5 Å². The predicted octanol–water partition coefficient (Wildman–Crippen LogP) is 5.49. The molecule has 5 aromatic rings. The summed E-state index contributed by atoms with van der Waals surface area (Å²) in [6.45, 7) is 3.07. The Kier molecular flexibility index (Phi) is 4.13. The Morgan fingerprint density at radius 1 is 0.862 bits per heavy atom. The summed E-state index contributed by atoms with van der Waals surface area (Å²) in [4.78, 5) is 12.8. The van der Waals surface area contributed by atoms with E-state index in [1.54, 1.807) is 0 Å². The van der Waals surface area contributed by atoms with Crippen LogP contribution in [0.3, 0.4) is 0 Å². The molecule has 0 unspecified atom stereocenters. The number of rotatable bonds is 4. The predicted molar refractivity (Wildman–Crippen MR) is 120 cm³/mol. The van der Waals surface area contributed by atoms with Gasteiger partial charge in [0.25, 0.3) is 0 Å². The molecule has 144 valence electrons. The summed E-state index contributed by atoms with van der Waals surface area (Å²) in [6.07, 6.45) is 2.40. The zero-order valence-electron chi connectivity index (χ0n) is 16.6. The summed E-state index contributed by atoms with van der Waals surface area (Å²) in [5.74, 6) is -0.0000622. The van der Waals surface area contributed by atoms with Crippen LogP contribution in [0.25, 0.3) is 32.7 Å². The molecule has 2 aromatic heterocycles. The third kappa shape index (κ3) is 2.88. The summed E-state index contributed by atoms with van der Waals surface area (Å²) in [5, 5.41) is 6.61. The van der Waals surface area contributed by atoms with Crippen molar-refractivity contribution in [1.29, 1.82) is 0 Å². The highest BCUT2D eigenvalue weighted by atomic mass is 16.1. The van der Waals surface area contributed by atoms with E-state index in [4.69, 9.17) is 0 Å². The lowest BCUT2D eigenvalue weighted by atomic mass is 10.1. The van der Waals surface area contributed by atoms with Gasteiger partial charge in [0.15, 0.2) is 0 Å². The van der Waals surface area contributed by atoms with Crippen molar-refractivity contribution in [2.75, 3.05) is 5.32 Å². The number of fused-ring (bicyclic) bond motifs is 4. The smallest absolute Gasteiger partial charge is 0.228 e. The Morgan fingerprint density at radius 2 is 1.55 bits per heavy atom. The van der Waals surface area contributed by atoms with Crippen LogP contribution in [0.1, 0.15) is 12.5 Å². The molecule has 2 heterocycles. The van der Waals surface area contributed by atoms with Crippen LogP contribution >= 0.6 is 0 Å². The Bertz CT molecular complexity index is 1370. The van der Waals surface area contributed by atoms with E-state index >= 15 is 0 Å². The molecule has 4 nitrogen and oxygen atoms in total. The van der Waals surface area contributed by atoms with E-state index in [2.05, 4.69) is 69.9 Å². The average Bonchev–Trinajstić information content (AvgIpc) is 3.22. The van der Waals surface area contributed by atoms with Gasteiger partial charge in [-0.3, -0.25) is 4.79 Å². The second-order valence-corrected chi connectivity index (χ2v) is 7.50. The molecule has 29 heavy (non-hydrogen) atoms. The quantitative estimate of drug-likeness (QED) is 0.439. The number of para-hydroxylation sites is 2. The fourth-order valence-electron chi connectivity index (χ4n) is 4.42. The highest BCUT2D eigenvalue weighted by Crippen LogP contribution is 2.31. The van der Waals surface area contributed by atoms with Crippen LogP contribution in [0.2, 0.25) is 0 Å². The minimum absolute atomic E-state index is 0.0000622. The fraction of sp³-hybridized carbons (Fsp3) is 0.160. The van der Waals surface area contributed by atoms with Gasteiger partial charge in [0, 0.05) is 58.2 Å². The first-order valence-electron chi connectivity index (χ1n) is 9.99. The van der Waals surface area contributed by atoms with Crippen LogP contribution < -0.4 is 5.32 Å². The second-order valence-electron chi connectivity index (χ2n) is 7.50. The molecule has 5 rings (SSSR count). The topological polar surface area (TPSA) is 39.0 Å². The monoisotopic (exact) mass is 381 g/mol. The van der Waals surface area contributed by atoms with Crippen LogP contribution in [-0.2, 0) is 24.8 Å². The molecule has 0 aliphatic heterocycles. The number of aromatic nitrogens is 2. The van der Waals surface area contributed by atoms with Crippen LogP contribution in [0.4, 0.5) is 5.69 Å². The van der Waals surface area contributed by atoms with E-state index < -0.39 is 0 Å². The maximum absolute atomic E-state index is 12.8. The normalized spacial score (nSPS) is 11.5. The molecular weight excluding hydrogens is 358 g/mol. The molecule has 4 heteroatoms. The molecule has 0 bridgehead atoms. The molecular formula is C25H23N3O. The summed E-state index contributed by atoms with van der Waals surface area (Å²) >= 11 is 0. The van der Waals surface area contributed by atoms with E-state index in [9.17, 15) is 4.79 Å². The number of nitrogens with zero attached hydrogens (tertiary/aromatic N) is 2. The summed E-state index contributed by atoms with van der Waals surface area (Å²) < 4.78 is 4.38. The zero-order chi connectivity index (χ0) is 20.0. The maximum Gasteiger partial charge on any atom is 0.228 e. The third-order valence-corrected chi connectivity index (χ3v) is 5.70. The van der Waals surface area contributed by atoms with Crippen LogP contribution in [0.15, 0.2) is 72.9 Å². The largest absolute Gasteiger partial charge is 0.350 e. The highest BCUT2D eigenvalue weighted by Gasteiger charge is 2.13. The van der Waals surface area contributed by atoms with Crippen molar-refractivity contribution in [2.45, 2.75) is 19.9 Å². The van der Waals surface area contributed by atoms with Gasteiger partial charge in [-0.1, -0.05) is 36.4 Å². The standard InChI is InChI=1S/C25H23N3O/c1-3-28-23-11-7-5-9-20(23)21-15-18(12-13-24(21)28)26-25(29)14-17-16-27(2)22-10-6-4-8-19(17)22/h4-13,15-16H,3,14H2,1-2H3,(H,26,29). The van der Waals surface area contributed by atoms with Crippen molar-refractivity contribution >= 4 is 44.3 Å². The molecule has 3 aromatic carbocycles. The molecule has 0 saturated carbocycles. The van der Waals surface area contributed by atoms with Gasteiger partial charge in [-0.25, -0.2) is 0 Å². The molecule has 0 fully saturated rings. The second kappa shape index (κ2) is 6.82. The van der Waals surface area contributed by atoms with Crippen molar-refractivity contribution in [1.82, 2.24) is 9.13 Å².